The summed E-state index contributed by atoms with van der Waals surface area (Å²) in [6.45, 7) is 4.37. The molecule has 1 saturated heterocycles. The van der Waals surface area contributed by atoms with Gasteiger partial charge in [-0.05, 0) is 29.8 Å². The minimum absolute atomic E-state index is 0.0832. The molecule has 112 valence electrons. The monoisotopic (exact) mass is 321 g/mol. The second-order valence-corrected chi connectivity index (χ2v) is 7.68. The number of hydrogen-bond donors (Lipinski definition) is 1. The number of rotatable bonds is 4. The molecule has 1 unspecified atom stereocenters. The van der Waals surface area contributed by atoms with Crippen LogP contribution in [-0.4, -0.2) is 35.4 Å². The predicted molar refractivity (Wildman–Crippen MR) is 87.5 cm³/mol. The van der Waals surface area contributed by atoms with Gasteiger partial charge in [-0.2, -0.15) is 0 Å². The first-order chi connectivity index (χ1) is 10.1. The van der Waals surface area contributed by atoms with Crippen LogP contribution < -0.4 is 5.73 Å². The normalized spacial score (nSPS) is 21.9. The van der Waals surface area contributed by atoms with E-state index in [1.165, 1.54) is 0 Å². The summed E-state index contributed by atoms with van der Waals surface area (Å²) in [5.41, 5.74) is 6.75. The number of hydrogen-bond acceptors (Lipinski definition) is 5. The summed E-state index contributed by atoms with van der Waals surface area (Å²) in [5.74, 6) is 0.162. The van der Waals surface area contributed by atoms with Crippen LogP contribution in [0.1, 0.15) is 19.0 Å². The lowest BCUT2D eigenvalue weighted by Crippen LogP contribution is -2.35. The minimum Gasteiger partial charge on any atom is -0.342 e. The van der Waals surface area contributed by atoms with E-state index in [1.807, 2.05) is 21.7 Å². The van der Waals surface area contributed by atoms with Gasteiger partial charge < -0.3 is 10.6 Å². The van der Waals surface area contributed by atoms with Crippen LogP contribution in [0, 0.1) is 5.41 Å². The molecule has 6 heteroatoms. The highest BCUT2D eigenvalue weighted by Crippen LogP contribution is 2.30. The molecular formula is C15H19N3OS2. The largest absolute Gasteiger partial charge is 0.342 e. The zero-order chi connectivity index (χ0) is 14.9. The van der Waals surface area contributed by atoms with Crippen LogP contribution in [0.3, 0.4) is 0 Å². The van der Waals surface area contributed by atoms with Crippen molar-refractivity contribution in [3.63, 3.8) is 0 Å². The smallest absolute Gasteiger partial charge is 0.228 e. The van der Waals surface area contributed by atoms with Gasteiger partial charge in [0.1, 0.15) is 5.01 Å². The number of carbonyl (C=O) groups excluding carboxylic acids is 1. The van der Waals surface area contributed by atoms with E-state index < -0.39 is 0 Å². The molecule has 0 aromatic carbocycles. The standard InChI is InChI=1S/C15H19N3OS2/c1-15(9-16)4-5-18(10-15)13(19)7-11-8-21-14(17-11)12-3-2-6-20-12/h2-3,6,8H,4-5,7,9-10,16H2,1H3. The number of nitrogens with two attached hydrogens (primary N) is 1. The maximum Gasteiger partial charge on any atom is 0.228 e. The van der Waals surface area contributed by atoms with Crippen molar-refractivity contribution < 1.29 is 4.79 Å². The summed E-state index contributed by atoms with van der Waals surface area (Å²) < 4.78 is 0. The fourth-order valence-electron chi connectivity index (χ4n) is 2.57. The fourth-order valence-corrected chi connectivity index (χ4v) is 4.21. The van der Waals surface area contributed by atoms with Crippen LogP contribution in [0.2, 0.25) is 0 Å². The topological polar surface area (TPSA) is 59.2 Å². The molecule has 1 aliphatic rings. The maximum atomic E-state index is 12.4. The first-order valence-electron chi connectivity index (χ1n) is 7.06. The summed E-state index contributed by atoms with van der Waals surface area (Å²) in [5, 5.41) is 5.03. The molecule has 4 nitrogen and oxygen atoms in total. The van der Waals surface area contributed by atoms with Crippen molar-refractivity contribution in [1.29, 1.82) is 0 Å². The molecule has 21 heavy (non-hydrogen) atoms. The summed E-state index contributed by atoms with van der Waals surface area (Å²) in [6.07, 6.45) is 1.38. The maximum absolute atomic E-state index is 12.4. The van der Waals surface area contributed by atoms with Crippen LogP contribution in [0.25, 0.3) is 9.88 Å². The first kappa shape index (κ1) is 14.7. The molecule has 0 aliphatic carbocycles. The number of likely N-dealkylation sites (tertiary alicyclic amines) is 1. The molecule has 3 heterocycles. The Morgan fingerprint density at radius 3 is 3.05 bits per heavy atom. The lowest BCUT2D eigenvalue weighted by molar-refractivity contribution is -0.129. The highest BCUT2D eigenvalue weighted by Gasteiger charge is 2.34. The third-order valence-corrected chi connectivity index (χ3v) is 5.95. The summed E-state index contributed by atoms with van der Waals surface area (Å²) in [7, 11) is 0. The number of nitrogens with zero attached hydrogens (tertiary/aromatic N) is 2. The first-order valence-corrected chi connectivity index (χ1v) is 8.82. The van der Waals surface area contributed by atoms with Gasteiger partial charge in [-0.1, -0.05) is 13.0 Å². The predicted octanol–water partition coefficient (Wildman–Crippen LogP) is 2.61. The van der Waals surface area contributed by atoms with Crippen LogP contribution in [0.15, 0.2) is 22.9 Å². The minimum atomic E-state index is 0.0832. The second-order valence-electron chi connectivity index (χ2n) is 5.88. The van der Waals surface area contributed by atoms with Gasteiger partial charge in [0.15, 0.2) is 0 Å². The van der Waals surface area contributed by atoms with Crippen LogP contribution >= 0.6 is 22.7 Å². The Morgan fingerprint density at radius 2 is 2.38 bits per heavy atom. The van der Waals surface area contributed by atoms with E-state index in [-0.39, 0.29) is 11.3 Å². The molecule has 0 spiro atoms. The molecule has 0 bridgehead atoms. The van der Waals surface area contributed by atoms with Gasteiger partial charge >= 0.3 is 0 Å². The molecule has 2 N–H and O–H groups in total. The van der Waals surface area contributed by atoms with Crippen LogP contribution in [-0.2, 0) is 11.2 Å². The number of carbonyl (C=O) groups is 1. The van der Waals surface area contributed by atoms with Gasteiger partial charge in [0.05, 0.1) is 17.0 Å². The zero-order valence-corrected chi connectivity index (χ0v) is 13.7. The lowest BCUT2D eigenvalue weighted by atomic mass is 9.90. The van der Waals surface area contributed by atoms with Crippen molar-refractivity contribution in [2.24, 2.45) is 11.1 Å². The Hall–Kier alpha value is -1.24. The highest BCUT2D eigenvalue weighted by molar-refractivity contribution is 7.20. The molecule has 1 aliphatic heterocycles. The Balaban J connectivity index is 1.63. The Kier molecular flexibility index (Phi) is 4.10. The van der Waals surface area contributed by atoms with Gasteiger partial charge in [-0.25, -0.2) is 4.98 Å². The summed E-state index contributed by atoms with van der Waals surface area (Å²) >= 11 is 3.28. The van der Waals surface area contributed by atoms with E-state index in [9.17, 15) is 4.79 Å². The van der Waals surface area contributed by atoms with Crippen LogP contribution in [0.4, 0.5) is 0 Å². The van der Waals surface area contributed by atoms with E-state index in [1.54, 1.807) is 22.7 Å². The van der Waals surface area contributed by atoms with Crippen LogP contribution in [0.5, 0.6) is 0 Å². The van der Waals surface area contributed by atoms with Crippen molar-refractivity contribution in [3.8, 4) is 9.88 Å². The van der Waals surface area contributed by atoms with Gasteiger partial charge in [0.2, 0.25) is 5.91 Å². The lowest BCUT2D eigenvalue weighted by Gasteiger charge is -2.22. The fraction of sp³-hybridized carbons (Fsp3) is 0.467. The van der Waals surface area contributed by atoms with Crippen molar-refractivity contribution in [3.05, 3.63) is 28.6 Å². The SMILES string of the molecule is CC1(CN)CCN(C(=O)Cc2csc(-c3cccs3)n2)C1. The third kappa shape index (κ3) is 3.17. The average Bonchev–Trinajstić information content (AvgIpc) is 3.18. The number of aromatic nitrogens is 1. The zero-order valence-electron chi connectivity index (χ0n) is 12.0. The molecule has 0 radical (unpaired) electrons. The molecule has 2 aromatic rings. The number of amides is 1. The van der Waals surface area contributed by atoms with E-state index in [0.717, 1.165) is 35.1 Å². The summed E-state index contributed by atoms with van der Waals surface area (Å²) in [4.78, 5) is 20.0. The quantitative estimate of drug-likeness (QED) is 0.941. The van der Waals surface area contributed by atoms with Crippen molar-refractivity contribution in [2.45, 2.75) is 19.8 Å². The van der Waals surface area contributed by atoms with Gasteiger partial charge in [-0.3, -0.25) is 4.79 Å². The van der Waals surface area contributed by atoms with Crippen molar-refractivity contribution in [2.75, 3.05) is 19.6 Å². The second kappa shape index (κ2) is 5.87. The highest BCUT2D eigenvalue weighted by atomic mass is 32.1. The Morgan fingerprint density at radius 1 is 1.52 bits per heavy atom. The van der Waals surface area contributed by atoms with E-state index in [4.69, 9.17) is 5.73 Å². The van der Waals surface area contributed by atoms with E-state index >= 15 is 0 Å². The summed E-state index contributed by atoms with van der Waals surface area (Å²) in [6, 6.07) is 4.08. The molecule has 0 saturated carbocycles. The molecule has 3 rings (SSSR count). The van der Waals surface area contributed by atoms with Gasteiger partial charge in [0.25, 0.3) is 0 Å². The van der Waals surface area contributed by atoms with E-state index in [2.05, 4.69) is 18.0 Å². The number of thiazole rings is 1. The third-order valence-electron chi connectivity index (χ3n) is 4.02. The van der Waals surface area contributed by atoms with Crippen molar-refractivity contribution in [1.82, 2.24) is 9.88 Å². The van der Waals surface area contributed by atoms with Gasteiger partial charge in [-0.15, -0.1) is 22.7 Å². The molecule has 1 atom stereocenters. The Bertz CT molecular complexity index is 623. The van der Waals surface area contributed by atoms with Gasteiger partial charge in [0, 0.05) is 18.5 Å². The molecular weight excluding hydrogens is 302 g/mol. The number of thiophene rings is 1. The van der Waals surface area contributed by atoms with Crippen molar-refractivity contribution >= 4 is 28.6 Å². The van der Waals surface area contributed by atoms with E-state index in [0.29, 0.717) is 13.0 Å². The molecule has 2 aromatic heterocycles. The Labute approximate surface area is 132 Å². The molecule has 1 fully saturated rings. The molecule has 1 amide bonds. The average molecular weight is 321 g/mol.